The fourth-order valence-electron chi connectivity index (χ4n) is 2.54. The van der Waals surface area contributed by atoms with Crippen LogP contribution in [0.2, 0.25) is 0 Å². The predicted molar refractivity (Wildman–Crippen MR) is 105 cm³/mol. The van der Waals surface area contributed by atoms with Gasteiger partial charge in [-0.3, -0.25) is 4.79 Å². The predicted octanol–water partition coefficient (Wildman–Crippen LogP) is 4.82. The molecule has 0 aliphatic rings. The topological polar surface area (TPSA) is 57.8 Å². The van der Waals surface area contributed by atoms with E-state index >= 15 is 0 Å². The lowest BCUT2D eigenvalue weighted by molar-refractivity contribution is 0.920. The number of nitrogens with zero attached hydrogens (tertiary/aromatic N) is 1. The Kier molecular flexibility index (Phi) is 5.56. The second-order valence-electron chi connectivity index (χ2n) is 5.91. The van der Waals surface area contributed by atoms with Crippen molar-refractivity contribution in [1.82, 2.24) is 9.97 Å². The maximum atomic E-state index is 11.6. The summed E-state index contributed by atoms with van der Waals surface area (Å²) in [7, 11) is 0. The maximum absolute atomic E-state index is 11.6. The lowest BCUT2D eigenvalue weighted by atomic mass is 10.1. The quantitative estimate of drug-likeness (QED) is 0.625. The first-order valence-electron chi connectivity index (χ1n) is 8.34. The summed E-state index contributed by atoms with van der Waals surface area (Å²) in [6.07, 6.45) is 2.28. The molecule has 0 saturated heterocycles. The van der Waals surface area contributed by atoms with Crippen LogP contribution in [0, 0.1) is 6.92 Å². The number of anilines is 1. The molecule has 4 nitrogen and oxygen atoms in total. The van der Waals surface area contributed by atoms with E-state index in [9.17, 15) is 4.79 Å². The van der Waals surface area contributed by atoms with Crippen molar-refractivity contribution in [3.8, 4) is 11.4 Å². The largest absolute Gasteiger partial charge is 0.326 e. The molecule has 0 fully saturated rings. The Hall–Kier alpha value is -2.53. The summed E-state index contributed by atoms with van der Waals surface area (Å²) in [5.41, 5.74) is 3.84. The van der Waals surface area contributed by atoms with Gasteiger partial charge in [-0.2, -0.15) is 0 Å². The normalized spacial score (nSPS) is 10.6. The molecule has 0 atom stereocenters. The van der Waals surface area contributed by atoms with Crippen LogP contribution in [0.25, 0.3) is 11.4 Å². The molecule has 2 aromatic carbocycles. The Morgan fingerprint density at radius 3 is 2.44 bits per heavy atom. The fourth-order valence-corrected chi connectivity index (χ4v) is 3.19. The van der Waals surface area contributed by atoms with E-state index in [-0.39, 0.29) is 5.56 Å². The third kappa shape index (κ3) is 4.73. The van der Waals surface area contributed by atoms with Crippen molar-refractivity contribution in [3.05, 3.63) is 76.2 Å². The van der Waals surface area contributed by atoms with Crippen LogP contribution < -0.4 is 10.3 Å². The molecule has 2 N–H and O–H groups in total. The number of H-pyrrole nitrogens is 1. The SMILES string of the molecule is CCCc1ccc(SNc2ccc(-c3nc(C)cc(=O)[nH]3)cc2)cc1. The van der Waals surface area contributed by atoms with E-state index in [4.69, 9.17) is 0 Å². The van der Waals surface area contributed by atoms with Gasteiger partial charge >= 0.3 is 0 Å². The molecule has 0 amide bonds. The first kappa shape index (κ1) is 17.3. The highest BCUT2D eigenvalue weighted by Crippen LogP contribution is 2.24. The van der Waals surface area contributed by atoms with E-state index < -0.39 is 0 Å². The number of aromatic amines is 1. The molecule has 0 bridgehead atoms. The molecular weight excluding hydrogens is 330 g/mol. The fraction of sp³-hybridized carbons (Fsp3) is 0.200. The van der Waals surface area contributed by atoms with E-state index in [1.54, 1.807) is 11.9 Å². The van der Waals surface area contributed by atoms with Gasteiger partial charge in [0.15, 0.2) is 0 Å². The zero-order chi connectivity index (χ0) is 17.6. The van der Waals surface area contributed by atoms with Gasteiger partial charge < -0.3 is 9.71 Å². The summed E-state index contributed by atoms with van der Waals surface area (Å²) >= 11 is 1.58. The van der Waals surface area contributed by atoms with Gasteiger partial charge in [-0.05, 0) is 67.3 Å². The monoisotopic (exact) mass is 351 g/mol. The van der Waals surface area contributed by atoms with E-state index in [2.05, 4.69) is 45.9 Å². The summed E-state index contributed by atoms with van der Waals surface area (Å²) in [6, 6.07) is 18.0. The van der Waals surface area contributed by atoms with Crippen molar-refractivity contribution in [2.45, 2.75) is 31.6 Å². The average molecular weight is 351 g/mol. The highest BCUT2D eigenvalue weighted by atomic mass is 32.2. The van der Waals surface area contributed by atoms with Crippen molar-refractivity contribution in [1.29, 1.82) is 0 Å². The van der Waals surface area contributed by atoms with Crippen LogP contribution in [0.4, 0.5) is 5.69 Å². The van der Waals surface area contributed by atoms with Gasteiger partial charge in [0, 0.05) is 27.9 Å². The third-order valence-corrected chi connectivity index (χ3v) is 4.62. The van der Waals surface area contributed by atoms with E-state index in [0.717, 1.165) is 24.1 Å². The molecule has 0 radical (unpaired) electrons. The van der Waals surface area contributed by atoms with Crippen molar-refractivity contribution in [2.75, 3.05) is 4.72 Å². The molecule has 5 heteroatoms. The number of hydrogen-bond acceptors (Lipinski definition) is 4. The Balaban J connectivity index is 1.65. The highest BCUT2D eigenvalue weighted by molar-refractivity contribution is 8.00. The van der Waals surface area contributed by atoms with Gasteiger partial charge in [-0.1, -0.05) is 25.5 Å². The summed E-state index contributed by atoms with van der Waals surface area (Å²) in [6.45, 7) is 4.01. The number of aromatic nitrogens is 2. The summed E-state index contributed by atoms with van der Waals surface area (Å²) < 4.78 is 3.34. The molecule has 3 aromatic rings. The molecular formula is C20H21N3OS. The first-order chi connectivity index (χ1) is 12.1. The van der Waals surface area contributed by atoms with Crippen molar-refractivity contribution in [2.24, 2.45) is 0 Å². The van der Waals surface area contributed by atoms with Gasteiger partial charge in [0.1, 0.15) is 5.82 Å². The second-order valence-corrected chi connectivity index (χ2v) is 6.79. The van der Waals surface area contributed by atoms with Gasteiger partial charge in [0.25, 0.3) is 5.56 Å². The first-order valence-corrected chi connectivity index (χ1v) is 9.16. The van der Waals surface area contributed by atoms with Gasteiger partial charge in [0.05, 0.1) is 0 Å². The molecule has 1 heterocycles. The molecule has 25 heavy (non-hydrogen) atoms. The number of nitrogens with one attached hydrogen (secondary N) is 2. The smallest absolute Gasteiger partial charge is 0.251 e. The molecule has 0 aliphatic carbocycles. The molecule has 3 rings (SSSR count). The van der Waals surface area contributed by atoms with Gasteiger partial charge in [-0.25, -0.2) is 4.98 Å². The standard InChI is InChI=1S/C20H21N3OS/c1-3-4-15-5-11-18(12-6-15)25-23-17-9-7-16(8-10-17)20-21-14(2)13-19(24)22-20/h5-13,23H,3-4H2,1-2H3,(H,21,22,24). The van der Waals surface area contributed by atoms with Crippen LogP contribution in [-0.4, -0.2) is 9.97 Å². The number of rotatable bonds is 6. The summed E-state index contributed by atoms with van der Waals surface area (Å²) in [5.74, 6) is 0.593. The minimum absolute atomic E-state index is 0.133. The molecule has 0 spiro atoms. The third-order valence-electron chi connectivity index (χ3n) is 3.78. The summed E-state index contributed by atoms with van der Waals surface area (Å²) in [4.78, 5) is 19.9. The van der Waals surface area contributed by atoms with E-state index in [1.807, 2.05) is 31.2 Å². The number of hydrogen-bond donors (Lipinski definition) is 2. The second kappa shape index (κ2) is 8.03. The Labute approximate surface area is 151 Å². The minimum Gasteiger partial charge on any atom is -0.326 e. The number of aryl methyl sites for hydroxylation is 2. The zero-order valence-electron chi connectivity index (χ0n) is 14.4. The van der Waals surface area contributed by atoms with Crippen molar-refractivity contribution in [3.63, 3.8) is 0 Å². The molecule has 128 valence electrons. The van der Waals surface area contributed by atoms with Gasteiger partial charge in [0.2, 0.25) is 0 Å². The van der Waals surface area contributed by atoms with Crippen molar-refractivity contribution >= 4 is 17.6 Å². The molecule has 0 aliphatic heterocycles. The van der Waals surface area contributed by atoms with Crippen LogP contribution in [0.15, 0.2) is 64.3 Å². The minimum atomic E-state index is -0.133. The van der Waals surface area contributed by atoms with E-state index in [1.165, 1.54) is 16.5 Å². The molecule has 0 saturated carbocycles. The number of benzene rings is 2. The van der Waals surface area contributed by atoms with Crippen molar-refractivity contribution < 1.29 is 0 Å². The average Bonchev–Trinajstić information content (AvgIpc) is 2.61. The van der Waals surface area contributed by atoms with Crippen LogP contribution in [0.3, 0.4) is 0 Å². The Morgan fingerprint density at radius 1 is 1.08 bits per heavy atom. The molecule has 1 aromatic heterocycles. The van der Waals surface area contributed by atoms with Crippen LogP contribution in [0.1, 0.15) is 24.6 Å². The van der Waals surface area contributed by atoms with Crippen LogP contribution >= 0.6 is 11.9 Å². The van der Waals surface area contributed by atoms with E-state index in [0.29, 0.717) is 11.5 Å². The Morgan fingerprint density at radius 2 is 1.80 bits per heavy atom. The lowest BCUT2D eigenvalue weighted by Crippen LogP contribution is -2.08. The lowest BCUT2D eigenvalue weighted by Gasteiger charge is -2.07. The Bertz CT molecular complexity index is 886. The summed E-state index contributed by atoms with van der Waals surface area (Å²) in [5, 5.41) is 0. The van der Waals surface area contributed by atoms with Crippen LogP contribution in [0.5, 0.6) is 0 Å². The molecule has 0 unspecified atom stereocenters. The van der Waals surface area contributed by atoms with Crippen LogP contribution in [-0.2, 0) is 6.42 Å². The maximum Gasteiger partial charge on any atom is 0.251 e. The van der Waals surface area contributed by atoms with Gasteiger partial charge in [-0.15, -0.1) is 0 Å². The zero-order valence-corrected chi connectivity index (χ0v) is 15.2. The highest BCUT2D eigenvalue weighted by Gasteiger charge is 2.03.